The normalized spacial score (nSPS) is 21.2. The molecule has 2 aliphatic heterocycles. The maximum atomic E-state index is 12.9. The summed E-state index contributed by atoms with van der Waals surface area (Å²) in [6, 6.07) is 0.361. The van der Waals surface area contributed by atoms with E-state index in [0.29, 0.717) is 38.8 Å². The van der Waals surface area contributed by atoms with Crippen molar-refractivity contribution in [3.8, 4) is 0 Å². The van der Waals surface area contributed by atoms with Gasteiger partial charge in [0.2, 0.25) is 11.8 Å². The Labute approximate surface area is 146 Å². The molecule has 2 aliphatic rings. The topological polar surface area (TPSA) is 53.1 Å². The van der Waals surface area contributed by atoms with E-state index in [1.54, 1.807) is 7.11 Å². The number of hydrogen-bond donors (Lipinski definition) is 0. The second-order valence-electron chi connectivity index (χ2n) is 7.56. The van der Waals surface area contributed by atoms with Crippen LogP contribution in [0.2, 0.25) is 0 Å². The maximum absolute atomic E-state index is 12.9. The van der Waals surface area contributed by atoms with Crippen molar-refractivity contribution in [2.45, 2.75) is 45.6 Å². The van der Waals surface area contributed by atoms with E-state index >= 15 is 0 Å². The van der Waals surface area contributed by atoms with Crippen molar-refractivity contribution < 1.29 is 14.3 Å². The second-order valence-corrected chi connectivity index (χ2v) is 7.56. The first-order valence-corrected chi connectivity index (χ1v) is 9.16. The van der Waals surface area contributed by atoms with E-state index in [1.165, 1.54) is 0 Å². The fourth-order valence-electron chi connectivity index (χ4n) is 3.71. The third-order valence-electron chi connectivity index (χ3n) is 5.73. The van der Waals surface area contributed by atoms with Crippen LogP contribution in [0.15, 0.2) is 0 Å². The Morgan fingerprint density at radius 3 is 2.50 bits per heavy atom. The number of ether oxygens (including phenoxy) is 1. The van der Waals surface area contributed by atoms with E-state index < -0.39 is 0 Å². The lowest BCUT2D eigenvalue weighted by Crippen LogP contribution is -2.55. The summed E-state index contributed by atoms with van der Waals surface area (Å²) in [7, 11) is 3.65. The zero-order chi connectivity index (χ0) is 17.7. The summed E-state index contributed by atoms with van der Waals surface area (Å²) in [4.78, 5) is 31.3. The van der Waals surface area contributed by atoms with Crippen molar-refractivity contribution >= 4 is 11.8 Å². The van der Waals surface area contributed by atoms with Gasteiger partial charge in [0.15, 0.2) is 0 Å². The van der Waals surface area contributed by atoms with Crippen molar-refractivity contribution in [3.05, 3.63) is 0 Å². The first-order chi connectivity index (χ1) is 11.4. The van der Waals surface area contributed by atoms with Crippen LogP contribution in [0, 0.1) is 5.41 Å². The molecule has 6 heteroatoms. The average Bonchev–Trinajstić information content (AvgIpc) is 2.56. The zero-order valence-corrected chi connectivity index (χ0v) is 15.7. The van der Waals surface area contributed by atoms with Gasteiger partial charge in [-0.15, -0.1) is 0 Å². The zero-order valence-electron chi connectivity index (χ0n) is 15.7. The number of hydrogen-bond acceptors (Lipinski definition) is 4. The lowest BCUT2D eigenvalue weighted by atomic mass is 9.71. The van der Waals surface area contributed by atoms with Gasteiger partial charge in [0.1, 0.15) is 0 Å². The summed E-state index contributed by atoms with van der Waals surface area (Å²) in [5, 5.41) is 0. The quantitative estimate of drug-likeness (QED) is 0.730. The van der Waals surface area contributed by atoms with Gasteiger partial charge in [-0.2, -0.15) is 0 Å². The number of piperidine rings is 2. The number of carbonyl (C=O) groups is 2. The molecule has 2 amide bonds. The highest BCUT2D eigenvalue weighted by molar-refractivity contribution is 5.84. The highest BCUT2D eigenvalue weighted by Crippen LogP contribution is 2.40. The van der Waals surface area contributed by atoms with Crippen LogP contribution in [0.3, 0.4) is 0 Å². The molecule has 138 valence electrons. The Kier molecular flexibility index (Phi) is 6.63. The van der Waals surface area contributed by atoms with Gasteiger partial charge >= 0.3 is 0 Å². The average molecular weight is 339 g/mol. The smallest absolute Gasteiger partial charge is 0.236 e. The minimum Gasteiger partial charge on any atom is -0.383 e. The van der Waals surface area contributed by atoms with Crippen LogP contribution < -0.4 is 0 Å². The van der Waals surface area contributed by atoms with Crippen molar-refractivity contribution in [1.82, 2.24) is 14.7 Å². The lowest BCUT2D eigenvalue weighted by molar-refractivity contribution is -0.153. The van der Waals surface area contributed by atoms with Crippen LogP contribution >= 0.6 is 0 Å². The van der Waals surface area contributed by atoms with Crippen molar-refractivity contribution in [2.24, 2.45) is 5.41 Å². The monoisotopic (exact) mass is 339 g/mol. The van der Waals surface area contributed by atoms with Gasteiger partial charge in [-0.1, -0.05) is 0 Å². The molecule has 0 aliphatic carbocycles. The molecule has 0 aromatic rings. The number of methoxy groups -OCH3 is 1. The Bertz CT molecular complexity index is 445. The predicted molar refractivity (Wildman–Crippen MR) is 93.7 cm³/mol. The minimum absolute atomic E-state index is 0.181. The number of likely N-dealkylation sites (N-methyl/N-ethyl adjacent to an activating group) is 1. The highest BCUT2D eigenvalue weighted by Gasteiger charge is 2.46. The number of rotatable bonds is 6. The molecule has 0 N–H and O–H groups in total. The molecule has 0 radical (unpaired) electrons. The summed E-state index contributed by atoms with van der Waals surface area (Å²) < 4.78 is 5.12. The van der Waals surface area contributed by atoms with Gasteiger partial charge in [-0.05, 0) is 46.6 Å². The number of carbonyl (C=O) groups excluding carboxylic acids is 2. The summed E-state index contributed by atoms with van der Waals surface area (Å²) in [5.74, 6) is 0.456. The Morgan fingerprint density at radius 1 is 1.25 bits per heavy atom. The molecular weight excluding hydrogens is 306 g/mol. The van der Waals surface area contributed by atoms with E-state index in [2.05, 4.69) is 18.7 Å². The molecule has 2 saturated heterocycles. The van der Waals surface area contributed by atoms with E-state index in [9.17, 15) is 9.59 Å². The largest absolute Gasteiger partial charge is 0.383 e. The fourth-order valence-corrected chi connectivity index (χ4v) is 3.71. The molecule has 2 rings (SSSR count). The Hall–Kier alpha value is -1.14. The molecule has 0 bridgehead atoms. The molecule has 0 unspecified atom stereocenters. The molecular formula is C18H33N3O3. The van der Waals surface area contributed by atoms with E-state index in [0.717, 1.165) is 32.2 Å². The molecule has 0 saturated carbocycles. The molecule has 2 heterocycles. The SMILES string of the molecule is COCCN1CCCC2(CCN(C(=O)CN(C)C(C)C)CC2)C1=O. The van der Waals surface area contributed by atoms with Crippen LogP contribution in [-0.2, 0) is 14.3 Å². The third-order valence-corrected chi connectivity index (χ3v) is 5.73. The fraction of sp³-hybridized carbons (Fsp3) is 0.889. The van der Waals surface area contributed by atoms with Crippen LogP contribution in [0.4, 0.5) is 0 Å². The third kappa shape index (κ3) is 4.28. The molecule has 2 fully saturated rings. The number of nitrogens with zero attached hydrogens (tertiary/aromatic N) is 3. The van der Waals surface area contributed by atoms with Crippen LogP contribution in [0.1, 0.15) is 39.5 Å². The van der Waals surface area contributed by atoms with E-state index in [4.69, 9.17) is 4.74 Å². The molecule has 6 nitrogen and oxygen atoms in total. The summed E-state index contributed by atoms with van der Waals surface area (Å²) in [5.41, 5.74) is -0.243. The Balaban J connectivity index is 1.90. The first kappa shape index (κ1) is 19.2. The second kappa shape index (κ2) is 8.30. The Morgan fingerprint density at radius 2 is 1.92 bits per heavy atom. The number of amides is 2. The van der Waals surface area contributed by atoms with Gasteiger partial charge in [-0.25, -0.2) is 0 Å². The minimum atomic E-state index is -0.243. The molecule has 0 atom stereocenters. The maximum Gasteiger partial charge on any atom is 0.236 e. The van der Waals surface area contributed by atoms with E-state index in [-0.39, 0.29) is 17.2 Å². The predicted octanol–water partition coefficient (Wildman–Crippen LogP) is 1.20. The van der Waals surface area contributed by atoms with Crippen LogP contribution in [0.25, 0.3) is 0 Å². The van der Waals surface area contributed by atoms with Crippen molar-refractivity contribution in [2.75, 3.05) is 53.5 Å². The first-order valence-electron chi connectivity index (χ1n) is 9.16. The van der Waals surface area contributed by atoms with Crippen LogP contribution in [0.5, 0.6) is 0 Å². The molecule has 1 spiro atoms. The summed E-state index contributed by atoms with van der Waals surface area (Å²) >= 11 is 0. The van der Waals surface area contributed by atoms with Gasteiger partial charge in [0.05, 0.1) is 18.6 Å². The highest BCUT2D eigenvalue weighted by atomic mass is 16.5. The summed E-state index contributed by atoms with van der Waals surface area (Å²) in [6.45, 7) is 8.15. The number of likely N-dealkylation sites (tertiary alicyclic amines) is 2. The summed E-state index contributed by atoms with van der Waals surface area (Å²) in [6.07, 6.45) is 3.61. The standard InChI is InChI=1S/C18H33N3O3/c1-15(2)19(3)14-16(22)20-10-7-18(8-11-20)6-5-9-21(17(18)23)12-13-24-4/h15H,5-14H2,1-4H3. The van der Waals surface area contributed by atoms with Crippen molar-refractivity contribution in [1.29, 1.82) is 0 Å². The van der Waals surface area contributed by atoms with E-state index in [1.807, 2.05) is 16.8 Å². The molecule has 24 heavy (non-hydrogen) atoms. The van der Waals surface area contributed by atoms with Gasteiger partial charge in [-0.3, -0.25) is 14.5 Å². The van der Waals surface area contributed by atoms with Crippen LogP contribution in [-0.4, -0.2) is 86.0 Å². The lowest BCUT2D eigenvalue weighted by Gasteiger charge is -2.46. The van der Waals surface area contributed by atoms with Gasteiger partial charge in [0, 0.05) is 39.3 Å². The van der Waals surface area contributed by atoms with Crippen molar-refractivity contribution in [3.63, 3.8) is 0 Å². The molecule has 0 aromatic carbocycles. The van der Waals surface area contributed by atoms with Gasteiger partial charge < -0.3 is 14.5 Å². The van der Waals surface area contributed by atoms with Gasteiger partial charge in [0.25, 0.3) is 0 Å². The molecule has 0 aromatic heterocycles.